The number of rotatable bonds is 2. The van der Waals surface area contributed by atoms with E-state index in [2.05, 4.69) is 18.8 Å². The van der Waals surface area contributed by atoms with Crippen LogP contribution >= 0.6 is 0 Å². The van der Waals surface area contributed by atoms with Gasteiger partial charge in [0.2, 0.25) is 0 Å². The maximum atomic E-state index is 10.0. The highest BCUT2D eigenvalue weighted by molar-refractivity contribution is 5.30. The lowest BCUT2D eigenvalue weighted by Gasteiger charge is -2.16. The fourth-order valence-electron chi connectivity index (χ4n) is 1.19. The first-order valence-electron chi connectivity index (χ1n) is 4.94. The van der Waals surface area contributed by atoms with E-state index in [1.165, 1.54) is 0 Å². The maximum Gasteiger partial charge on any atom is 0.148 e. The van der Waals surface area contributed by atoms with Gasteiger partial charge in [0, 0.05) is 6.42 Å². The van der Waals surface area contributed by atoms with Crippen LogP contribution in [0.5, 0.6) is 0 Å². The lowest BCUT2D eigenvalue weighted by atomic mass is 9.97. The highest BCUT2D eigenvalue weighted by Crippen LogP contribution is 2.18. The average Bonchev–Trinajstić information content (AvgIpc) is 2.19. The Balaban J connectivity index is 2.82. The van der Waals surface area contributed by atoms with E-state index in [4.69, 9.17) is 0 Å². The molecule has 0 amide bonds. The van der Waals surface area contributed by atoms with E-state index in [0.29, 0.717) is 0 Å². The zero-order valence-electron chi connectivity index (χ0n) is 8.75. The van der Waals surface area contributed by atoms with Crippen molar-refractivity contribution in [1.29, 1.82) is 0 Å². The molecule has 0 aliphatic heterocycles. The van der Waals surface area contributed by atoms with Gasteiger partial charge in [-0.25, -0.2) is 0 Å². The topological polar surface area (TPSA) is 20.2 Å². The second-order valence-corrected chi connectivity index (χ2v) is 3.49. The van der Waals surface area contributed by atoms with Crippen LogP contribution < -0.4 is 0 Å². The first-order chi connectivity index (χ1) is 6.67. The molecule has 1 N–H and O–H groups in total. The van der Waals surface area contributed by atoms with Gasteiger partial charge < -0.3 is 5.11 Å². The fourth-order valence-corrected chi connectivity index (χ4v) is 1.19. The molecule has 0 bridgehead atoms. The smallest absolute Gasteiger partial charge is 0.148 e. The van der Waals surface area contributed by atoms with Crippen molar-refractivity contribution in [3.05, 3.63) is 35.9 Å². The third-order valence-electron chi connectivity index (χ3n) is 2.04. The van der Waals surface area contributed by atoms with Crippen LogP contribution in [-0.4, -0.2) is 5.11 Å². The first kappa shape index (κ1) is 10.8. The summed E-state index contributed by atoms with van der Waals surface area (Å²) in [4.78, 5) is 0. The van der Waals surface area contributed by atoms with Gasteiger partial charge in [0.25, 0.3) is 0 Å². The maximum absolute atomic E-state index is 10.0. The van der Waals surface area contributed by atoms with Crippen molar-refractivity contribution in [2.24, 2.45) is 0 Å². The van der Waals surface area contributed by atoms with Crippen molar-refractivity contribution >= 4 is 0 Å². The summed E-state index contributed by atoms with van der Waals surface area (Å²) >= 11 is 0. The van der Waals surface area contributed by atoms with E-state index in [9.17, 15) is 5.11 Å². The van der Waals surface area contributed by atoms with Gasteiger partial charge in [-0.1, -0.05) is 49.1 Å². The predicted octanol–water partition coefficient (Wildman–Crippen LogP) is 2.70. The predicted molar refractivity (Wildman–Crippen MR) is 58.7 cm³/mol. The molecule has 1 atom stereocenters. The van der Waals surface area contributed by atoms with E-state index < -0.39 is 5.60 Å². The van der Waals surface area contributed by atoms with Crippen molar-refractivity contribution in [2.45, 2.75) is 32.3 Å². The van der Waals surface area contributed by atoms with Gasteiger partial charge in [-0.3, -0.25) is 0 Å². The standard InChI is InChI=1S/C13H16O/c1-3-4-8-11-13(2,14)12-9-6-5-7-10-12/h5-7,9-10,14H,3-4H2,1-2H3/t13-/m0/s1. The summed E-state index contributed by atoms with van der Waals surface area (Å²) in [7, 11) is 0. The van der Waals surface area contributed by atoms with Crippen LogP contribution in [0.15, 0.2) is 30.3 Å². The minimum Gasteiger partial charge on any atom is -0.374 e. The molecular formula is C13H16O. The van der Waals surface area contributed by atoms with E-state index >= 15 is 0 Å². The summed E-state index contributed by atoms with van der Waals surface area (Å²) in [6, 6.07) is 9.52. The van der Waals surface area contributed by atoms with Gasteiger partial charge >= 0.3 is 0 Å². The van der Waals surface area contributed by atoms with Crippen LogP contribution in [0, 0.1) is 11.8 Å². The van der Waals surface area contributed by atoms with Crippen LogP contribution in [0.3, 0.4) is 0 Å². The summed E-state index contributed by atoms with van der Waals surface area (Å²) in [5, 5.41) is 10.0. The molecule has 14 heavy (non-hydrogen) atoms. The van der Waals surface area contributed by atoms with Crippen molar-refractivity contribution in [1.82, 2.24) is 0 Å². The molecule has 1 aromatic carbocycles. The molecule has 1 aromatic rings. The zero-order valence-corrected chi connectivity index (χ0v) is 8.75. The Morgan fingerprint density at radius 1 is 1.29 bits per heavy atom. The molecule has 0 saturated heterocycles. The van der Waals surface area contributed by atoms with Crippen LogP contribution in [0.2, 0.25) is 0 Å². The molecule has 0 fully saturated rings. The molecule has 0 heterocycles. The highest BCUT2D eigenvalue weighted by atomic mass is 16.3. The minimum atomic E-state index is -1.02. The van der Waals surface area contributed by atoms with Gasteiger partial charge in [-0.15, -0.1) is 0 Å². The van der Waals surface area contributed by atoms with E-state index in [0.717, 1.165) is 18.4 Å². The molecular weight excluding hydrogens is 172 g/mol. The normalized spacial score (nSPS) is 13.9. The van der Waals surface area contributed by atoms with Gasteiger partial charge in [-0.05, 0) is 18.9 Å². The highest BCUT2D eigenvalue weighted by Gasteiger charge is 2.18. The largest absolute Gasteiger partial charge is 0.374 e. The molecule has 1 heteroatoms. The van der Waals surface area contributed by atoms with Crippen LogP contribution in [0.4, 0.5) is 0 Å². The molecule has 0 aliphatic carbocycles. The fraction of sp³-hybridized carbons (Fsp3) is 0.385. The average molecular weight is 188 g/mol. The first-order valence-corrected chi connectivity index (χ1v) is 4.94. The van der Waals surface area contributed by atoms with Gasteiger partial charge in [0.05, 0.1) is 0 Å². The van der Waals surface area contributed by atoms with Crippen molar-refractivity contribution in [3.63, 3.8) is 0 Å². The monoisotopic (exact) mass is 188 g/mol. The second-order valence-electron chi connectivity index (χ2n) is 3.49. The number of hydrogen-bond donors (Lipinski definition) is 1. The summed E-state index contributed by atoms with van der Waals surface area (Å²) in [6.45, 7) is 3.80. The van der Waals surface area contributed by atoms with Crippen LogP contribution in [-0.2, 0) is 5.60 Å². The zero-order chi connectivity index (χ0) is 10.4. The summed E-state index contributed by atoms with van der Waals surface area (Å²) in [6.07, 6.45) is 1.86. The Morgan fingerprint density at radius 3 is 2.50 bits per heavy atom. The van der Waals surface area contributed by atoms with E-state index in [1.54, 1.807) is 6.92 Å². The molecule has 74 valence electrons. The number of unbranched alkanes of at least 4 members (excludes halogenated alkanes) is 1. The summed E-state index contributed by atoms with van der Waals surface area (Å²) < 4.78 is 0. The molecule has 1 rings (SSSR count). The van der Waals surface area contributed by atoms with Crippen molar-refractivity contribution < 1.29 is 5.11 Å². The molecule has 0 saturated carbocycles. The summed E-state index contributed by atoms with van der Waals surface area (Å²) in [5.74, 6) is 5.86. The lowest BCUT2D eigenvalue weighted by Crippen LogP contribution is -2.18. The van der Waals surface area contributed by atoms with Gasteiger partial charge in [0.15, 0.2) is 0 Å². The van der Waals surface area contributed by atoms with E-state index in [1.807, 2.05) is 30.3 Å². The quantitative estimate of drug-likeness (QED) is 0.707. The molecule has 0 aromatic heterocycles. The van der Waals surface area contributed by atoms with Gasteiger partial charge in [0.1, 0.15) is 5.60 Å². The molecule has 0 spiro atoms. The van der Waals surface area contributed by atoms with Crippen LogP contribution in [0.25, 0.3) is 0 Å². The third kappa shape index (κ3) is 2.90. The van der Waals surface area contributed by atoms with Crippen LogP contribution in [0.1, 0.15) is 32.3 Å². The number of aliphatic hydroxyl groups is 1. The molecule has 1 nitrogen and oxygen atoms in total. The third-order valence-corrected chi connectivity index (χ3v) is 2.04. The molecule has 0 aliphatic rings. The Morgan fingerprint density at radius 2 is 1.93 bits per heavy atom. The summed E-state index contributed by atoms with van der Waals surface area (Å²) in [5.41, 5.74) is -0.167. The Kier molecular flexibility index (Phi) is 3.73. The number of benzene rings is 1. The minimum absolute atomic E-state index is 0.836. The second kappa shape index (κ2) is 4.83. The van der Waals surface area contributed by atoms with Gasteiger partial charge in [-0.2, -0.15) is 0 Å². The SMILES string of the molecule is CCCC#C[C@](C)(O)c1ccccc1. The molecule has 0 radical (unpaired) electrons. The van der Waals surface area contributed by atoms with Crippen molar-refractivity contribution in [2.75, 3.05) is 0 Å². The Hall–Kier alpha value is -1.26. The Labute approximate surface area is 85.8 Å². The van der Waals surface area contributed by atoms with E-state index in [-0.39, 0.29) is 0 Å². The van der Waals surface area contributed by atoms with Crippen molar-refractivity contribution in [3.8, 4) is 11.8 Å². The number of hydrogen-bond acceptors (Lipinski definition) is 1. The Bertz CT molecular complexity index is 327. The lowest BCUT2D eigenvalue weighted by molar-refractivity contribution is 0.122. The molecule has 0 unspecified atom stereocenters.